The molecule has 0 radical (unpaired) electrons. The molecule has 0 aromatic rings. The van der Waals surface area contributed by atoms with E-state index < -0.39 is 24.0 Å². The molecule has 1 fully saturated rings. The van der Waals surface area contributed by atoms with Gasteiger partial charge in [0.1, 0.15) is 0 Å². The van der Waals surface area contributed by atoms with Gasteiger partial charge in [-0.05, 0) is 6.92 Å². The summed E-state index contributed by atoms with van der Waals surface area (Å²) in [7, 11) is 0. The molecule has 0 aliphatic carbocycles. The van der Waals surface area contributed by atoms with Crippen LogP contribution < -0.4 is 0 Å². The summed E-state index contributed by atoms with van der Waals surface area (Å²) >= 11 is 0. The zero-order valence-electron chi connectivity index (χ0n) is 7.63. The number of carboxylic acid groups (broad SMARTS) is 1. The van der Waals surface area contributed by atoms with E-state index in [0.717, 1.165) is 4.90 Å². The van der Waals surface area contributed by atoms with Gasteiger partial charge in [-0.25, -0.2) is 13.6 Å². The third-order valence-electron chi connectivity index (χ3n) is 2.54. The Morgan fingerprint density at radius 2 is 2.08 bits per heavy atom. The van der Waals surface area contributed by atoms with Crippen molar-refractivity contribution in [3.63, 3.8) is 0 Å². The molecule has 0 bridgehead atoms. The van der Waals surface area contributed by atoms with Crippen LogP contribution in [0.3, 0.4) is 0 Å². The van der Waals surface area contributed by atoms with Crippen LogP contribution in [0.15, 0.2) is 0 Å². The molecular formula is C8H13F2NO2. The molecule has 0 saturated carbocycles. The van der Waals surface area contributed by atoms with Gasteiger partial charge in [0.15, 0.2) is 0 Å². The van der Waals surface area contributed by atoms with Crippen LogP contribution in [-0.2, 0) is 0 Å². The van der Waals surface area contributed by atoms with Gasteiger partial charge in [-0.1, -0.05) is 6.92 Å². The van der Waals surface area contributed by atoms with E-state index in [9.17, 15) is 13.6 Å². The SMILES string of the molecule is CC1CC(F)(F)C(C)CN1C(=O)O. The van der Waals surface area contributed by atoms with Gasteiger partial charge in [0.2, 0.25) is 0 Å². The highest BCUT2D eigenvalue weighted by molar-refractivity contribution is 5.65. The van der Waals surface area contributed by atoms with Gasteiger partial charge in [0, 0.05) is 24.9 Å². The van der Waals surface area contributed by atoms with Gasteiger partial charge in [0.25, 0.3) is 5.92 Å². The molecule has 1 aliphatic heterocycles. The standard InChI is InChI=1S/C8H13F2NO2/c1-5-4-11(7(12)13)6(2)3-8(5,9)10/h5-6H,3-4H2,1-2H3,(H,12,13). The predicted octanol–water partition coefficient (Wildman–Crippen LogP) is 2.03. The average molecular weight is 193 g/mol. The molecule has 13 heavy (non-hydrogen) atoms. The van der Waals surface area contributed by atoms with Crippen molar-refractivity contribution >= 4 is 6.09 Å². The number of rotatable bonds is 0. The molecule has 0 aromatic carbocycles. The van der Waals surface area contributed by atoms with Gasteiger partial charge in [-0.3, -0.25) is 0 Å². The Bertz CT molecular complexity index is 220. The second-order valence-electron chi connectivity index (χ2n) is 3.65. The first-order valence-electron chi connectivity index (χ1n) is 4.22. The highest BCUT2D eigenvalue weighted by atomic mass is 19.3. The smallest absolute Gasteiger partial charge is 0.407 e. The zero-order chi connectivity index (χ0) is 10.2. The zero-order valence-corrected chi connectivity index (χ0v) is 7.63. The average Bonchev–Trinajstić information content (AvgIpc) is 1.95. The van der Waals surface area contributed by atoms with E-state index in [1.807, 2.05) is 0 Å². The van der Waals surface area contributed by atoms with Crippen LogP contribution in [0.5, 0.6) is 0 Å². The Hall–Kier alpha value is -0.870. The molecule has 1 aliphatic rings. The number of likely N-dealkylation sites (tertiary alicyclic amines) is 1. The maximum absolute atomic E-state index is 13.1. The molecule has 1 rings (SSSR count). The van der Waals surface area contributed by atoms with Gasteiger partial charge < -0.3 is 10.0 Å². The van der Waals surface area contributed by atoms with Crippen molar-refractivity contribution in [2.75, 3.05) is 6.54 Å². The molecule has 0 aromatic heterocycles. The van der Waals surface area contributed by atoms with Crippen molar-refractivity contribution in [1.82, 2.24) is 4.90 Å². The van der Waals surface area contributed by atoms with E-state index in [2.05, 4.69) is 0 Å². The van der Waals surface area contributed by atoms with Crippen LogP contribution in [0.2, 0.25) is 0 Å². The molecule has 2 atom stereocenters. The van der Waals surface area contributed by atoms with Crippen LogP contribution in [0.25, 0.3) is 0 Å². The first-order chi connectivity index (χ1) is 5.84. The molecule has 1 heterocycles. The molecule has 1 N–H and O–H groups in total. The van der Waals surface area contributed by atoms with Crippen molar-refractivity contribution < 1.29 is 18.7 Å². The summed E-state index contributed by atoms with van der Waals surface area (Å²) in [4.78, 5) is 11.7. The Morgan fingerprint density at radius 3 is 2.54 bits per heavy atom. The lowest BCUT2D eigenvalue weighted by Gasteiger charge is -2.39. The Balaban J connectivity index is 2.73. The normalized spacial score (nSPS) is 33.1. The summed E-state index contributed by atoms with van der Waals surface area (Å²) in [6, 6.07) is -0.594. The molecule has 3 nitrogen and oxygen atoms in total. The largest absolute Gasteiger partial charge is 0.465 e. The number of nitrogens with zero attached hydrogens (tertiary/aromatic N) is 1. The summed E-state index contributed by atoms with van der Waals surface area (Å²) < 4.78 is 26.1. The molecule has 1 amide bonds. The Kier molecular flexibility index (Phi) is 2.45. The summed E-state index contributed by atoms with van der Waals surface area (Å²) in [6.45, 7) is 2.80. The lowest BCUT2D eigenvalue weighted by molar-refractivity contribution is -0.109. The quantitative estimate of drug-likeness (QED) is 0.639. The second-order valence-corrected chi connectivity index (χ2v) is 3.65. The molecule has 76 valence electrons. The molecule has 5 heteroatoms. The van der Waals surface area contributed by atoms with Crippen LogP contribution in [0, 0.1) is 5.92 Å². The molecular weight excluding hydrogens is 180 g/mol. The lowest BCUT2D eigenvalue weighted by Crippen LogP contribution is -2.52. The minimum absolute atomic E-state index is 0.0799. The van der Waals surface area contributed by atoms with Crippen LogP contribution in [0.4, 0.5) is 13.6 Å². The van der Waals surface area contributed by atoms with E-state index in [0.29, 0.717) is 0 Å². The first kappa shape index (κ1) is 10.2. The monoisotopic (exact) mass is 193 g/mol. The maximum Gasteiger partial charge on any atom is 0.407 e. The van der Waals surface area contributed by atoms with Crippen molar-refractivity contribution in [3.05, 3.63) is 0 Å². The second kappa shape index (κ2) is 3.12. The highest BCUT2D eigenvalue weighted by Crippen LogP contribution is 2.35. The number of hydrogen-bond donors (Lipinski definition) is 1. The fraction of sp³-hybridized carbons (Fsp3) is 0.875. The summed E-state index contributed by atoms with van der Waals surface area (Å²) in [6.07, 6.45) is -1.49. The fourth-order valence-corrected chi connectivity index (χ4v) is 1.58. The number of hydrogen-bond acceptors (Lipinski definition) is 1. The summed E-state index contributed by atoms with van der Waals surface area (Å²) in [5.41, 5.74) is 0. The van der Waals surface area contributed by atoms with E-state index in [1.165, 1.54) is 13.8 Å². The van der Waals surface area contributed by atoms with Crippen LogP contribution >= 0.6 is 0 Å². The third kappa shape index (κ3) is 1.89. The minimum Gasteiger partial charge on any atom is -0.465 e. The number of piperidine rings is 1. The van der Waals surface area contributed by atoms with Crippen LogP contribution in [-0.4, -0.2) is 34.6 Å². The van der Waals surface area contributed by atoms with Gasteiger partial charge in [-0.2, -0.15) is 0 Å². The highest BCUT2D eigenvalue weighted by Gasteiger charge is 2.45. The van der Waals surface area contributed by atoms with E-state index >= 15 is 0 Å². The van der Waals surface area contributed by atoms with E-state index in [1.54, 1.807) is 0 Å². The van der Waals surface area contributed by atoms with Gasteiger partial charge in [0.05, 0.1) is 0 Å². The third-order valence-corrected chi connectivity index (χ3v) is 2.54. The van der Waals surface area contributed by atoms with Crippen molar-refractivity contribution in [2.45, 2.75) is 32.2 Å². The summed E-state index contributed by atoms with van der Waals surface area (Å²) in [5, 5.41) is 8.68. The first-order valence-corrected chi connectivity index (χ1v) is 4.22. The van der Waals surface area contributed by atoms with Gasteiger partial charge >= 0.3 is 6.09 Å². The Labute approximate surface area is 75.3 Å². The van der Waals surface area contributed by atoms with Crippen LogP contribution in [0.1, 0.15) is 20.3 Å². The minimum atomic E-state index is -2.73. The van der Waals surface area contributed by atoms with Crippen molar-refractivity contribution in [3.8, 4) is 0 Å². The number of amides is 1. The molecule has 2 unspecified atom stereocenters. The van der Waals surface area contributed by atoms with E-state index in [-0.39, 0.29) is 13.0 Å². The fourth-order valence-electron chi connectivity index (χ4n) is 1.58. The molecule has 1 saturated heterocycles. The Morgan fingerprint density at radius 1 is 1.54 bits per heavy atom. The topological polar surface area (TPSA) is 40.5 Å². The molecule has 0 spiro atoms. The van der Waals surface area contributed by atoms with Crippen molar-refractivity contribution in [2.24, 2.45) is 5.92 Å². The van der Waals surface area contributed by atoms with Gasteiger partial charge in [-0.15, -0.1) is 0 Å². The lowest BCUT2D eigenvalue weighted by atomic mass is 9.91. The maximum atomic E-state index is 13.1. The number of alkyl halides is 2. The number of halogens is 2. The van der Waals surface area contributed by atoms with E-state index in [4.69, 9.17) is 5.11 Å². The summed E-state index contributed by atoms with van der Waals surface area (Å²) in [5.74, 6) is -3.62. The predicted molar refractivity (Wildman–Crippen MR) is 42.9 cm³/mol. The number of carbonyl (C=O) groups is 1. The van der Waals surface area contributed by atoms with Crippen molar-refractivity contribution in [1.29, 1.82) is 0 Å².